The summed E-state index contributed by atoms with van der Waals surface area (Å²) in [6.07, 6.45) is 2.09. The van der Waals surface area contributed by atoms with Crippen LogP contribution in [0.15, 0.2) is 36.2 Å². The Kier molecular flexibility index (Phi) is 4.07. The molecule has 0 bridgehead atoms. The van der Waals surface area contributed by atoms with Crippen LogP contribution in [-0.4, -0.2) is 37.2 Å². The zero-order valence-corrected chi connectivity index (χ0v) is 10.9. The van der Waals surface area contributed by atoms with E-state index in [9.17, 15) is 0 Å². The second kappa shape index (κ2) is 5.75. The van der Waals surface area contributed by atoms with Crippen LogP contribution in [-0.2, 0) is 6.54 Å². The van der Waals surface area contributed by atoms with Crippen molar-refractivity contribution < 1.29 is 4.74 Å². The number of ether oxygens (including phenoxy) is 1. The van der Waals surface area contributed by atoms with Gasteiger partial charge in [0.25, 0.3) is 0 Å². The lowest BCUT2D eigenvalue weighted by Gasteiger charge is -2.35. The molecule has 3 N–H and O–H groups in total. The first kappa shape index (κ1) is 12.7. The highest BCUT2D eigenvalue weighted by Crippen LogP contribution is 2.16. The normalized spacial score (nSPS) is 16.4. The molecule has 0 fully saturated rings. The van der Waals surface area contributed by atoms with Crippen LogP contribution >= 0.6 is 0 Å². The summed E-state index contributed by atoms with van der Waals surface area (Å²) in [7, 11) is 3.76. The van der Waals surface area contributed by atoms with E-state index in [4.69, 9.17) is 10.6 Å². The Hall–Kier alpha value is -1.72. The van der Waals surface area contributed by atoms with Crippen molar-refractivity contribution in [3.63, 3.8) is 0 Å². The molecule has 0 aliphatic carbocycles. The highest BCUT2D eigenvalue weighted by atomic mass is 16.5. The third-order valence-corrected chi connectivity index (χ3v) is 3.03. The quantitative estimate of drug-likeness (QED) is 0.607. The van der Waals surface area contributed by atoms with Crippen LogP contribution in [0.4, 0.5) is 0 Å². The van der Waals surface area contributed by atoms with E-state index in [1.54, 1.807) is 7.11 Å². The fraction of sp³-hybridized carbons (Fsp3) is 0.385. The second-order valence-corrected chi connectivity index (χ2v) is 4.46. The predicted molar refractivity (Wildman–Crippen MR) is 71.4 cm³/mol. The lowest BCUT2D eigenvalue weighted by molar-refractivity contribution is 0.165. The fourth-order valence-corrected chi connectivity index (χ4v) is 2.03. The van der Waals surface area contributed by atoms with Gasteiger partial charge in [0.2, 0.25) is 0 Å². The molecule has 2 rings (SSSR count). The molecule has 1 aromatic carbocycles. The summed E-state index contributed by atoms with van der Waals surface area (Å²) in [5.41, 5.74) is 3.98. The van der Waals surface area contributed by atoms with Crippen LogP contribution in [0.25, 0.3) is 0 Å². The molecule has 5 nitrogen and oxygen atoms in total. The molecule has 0 saturated heterocycles. The molecule has 0 saturated carbocycles. The summed E-state index contributed by atoms with van der Waals surface area (Å²) in [6, 6.07) is 8.09. The van der Waals surface area contributed by atoms with Gasteiger partial charge in [-0.1, -0.05) is 12.1 Å². The predicted octanol–water partition coefficient (Wildman–Crippen LogP) is 0.705. The van der Waals surface area contributed by atoms with Crippen molar-refractivity contribution in [3.05, 3.63) is 41.7 Å². The largest absolute Gasteiger partial charge is 0.497 e. The lowest BCUT2D eigenvalue weighted by atomic mass is 10.2. The van der Waals surface area contributed by atoms with Crippen molar-refractivity contribution in [1.29, 1.82) is 0 Å². The van der Waals surface area contributed by atoms with E-state index < -0.39 is 0 Å². The maximum absolute atomic E-state index is 5.54. The Labute approximate surface area is 108 Å². The third kappa shape index (κ3) is 2.94. The zero-order chi connectivity index (χ0) is 13.0. The number of hydrazine groups is 1. The standard InChI is InChI=1S/C13H20N4O/c1-16-8-7-13(15-14)17(10-16)9-11-3-5-12(18-2)6-4-11/h3-7,15H,8-10,14H2,1-2H3. The average molecular weight is 248 g/mol. The molecule has 0 amide bonds. The summed E-state index contributed by atoms with van der Waals surface area (Å²) in [5.74, 6) is 7.39. The second-order valence-electron chi connectivity index (χ2n) is 4.46. The third-order valence-electron chi connectivity index (χ3n) is 3.03. The summed E-state index contributed by atoms with van der Waals surface area (Å²) in [5, 5.41) is 0. The Balaban J connectivity index is 2.06. The molecule has 98 valence electrons. The molecule has 1 aliphatic rings. The van der Waals surface area contributed by atoms with Crippen molar-refractivity contribution in [2.45, 2.75) is 6.54 Å². The van der Waals surface area contributed by atoms with Crippen molar-refractivity contribution in [2.24, 2.45) is 5.84 Å². The van der Waals surface area contributed by atoms with E-state index in [-0.39, 0.29) is 0 Å². The van der Waals surface area contributed by atoms with Crippen molar-refractivity contribution >= 4 is 0 Å². The van der Waals surface area contributed by atoms with Gasteiger partial charge in [0, 0.05) is 13.1 Å². The lowest BCUT2D eigenvalue weighted by Crippen LogP contribution is -2.45. The monoisotopic (exact) mass is 248 g/mol. The molecule has 1 heterocycles. The molecule has 0 unspecified atom stereocenters. The van der Waals surface area contributed by atoms with Gasteiger partial charge in [-0.25, -0.2) is 5.84 Å². The summed E-state index contributed by atoms with van der Waals surface area (Å²) < 4.78 is 5.15. The van der Waals surface area contributed by atoms with Crippen LogP contribution < -0.4 is 16.0 Å². The smallest absolute Gasteiger partial charge is 0.118 e. The van der Waals surface area contributed by atoms with Crippen LogP contribution in [0.3, 0.4) is 0 Å². The number of hydrogen-bond acceptors (Lipinski definition) is 5. The van der Waals surface area contributed by atoms with Crippen molar-refractivity contribution in [1.82, 2.24) is 15.2 Å². The molecular formula is C13H20N4O. The summed E-state index contributed by atoms with van der Waals surface area (Å²) >= 11 is 0. The minimum absolute atomic E-state index is 0.824. The van der Waals surface area contributed by atoms with Gasteiger partial charge in [0.15, 0.2) is 0 Å². The van der Waals surface area contributed by atoms with Gasteiger partial charge in [-0.2, -0.15) is 0 Å². The molecule has 1 aromatic rings. The molecular weight excluding hydrogens is 228 g/mol. The molecule has 0 spiro atoms. The molecule has 0 atom stereocenters. The topological polar surface area (TPSA) is 53.8 Å². The van der Waals surface area contributed by atoms with E-state index in [2.05, 4.69) is 40.5 Å². The van der Waals surface area contributed by atoms with Gasteiger partial charge in [0.05, 0.1) is 13.8 Å². The number of nitrogens with two attached hydrogens (primary N) is 1. The van der Waals surface area contributed by atoms with Crippen LogP contribution in [0.1, 0.15) is 5.56 Å². The molecule has 1 aliphatic heterocycles. The molecule has 18 heavy (non-hydrogen) atoms. The van der Waals surface area contributed by atoms with E-state index in [1.807, 2.05) is 12.1 Å². The highest BCUT2D eigenvalue weighted by Gasteiger charge is 2.16. The summed E-state index contributed by atoms with van der Waals surface area (Å²) in [4.78, 5) is 4.43. The summed E-state index contributed by atoms with van der Waals surface area (Å²) in [6.45, 7) is 2.60. The van der Waals surface area contributed by atoms with Gasteiger partial charge >= 0.3 is 0 Å². The van der Waals surface area contributed by atoms with Gasteiger partial charge in [-0.3, -0.25) is 4.90 Å². The number of nitrogens with one attached hydrogen (secondary N) is 1. The van der Waals surface area contributed by atoms with Crippen LogP contribution in [0.2, 0.25) is 0 Å². The fourth-order valence-electron chi connectivity index (χ4n) is 2.03. The number of methoxy groups -OCH3 is 1. The number of benzene rings is 1. The maximum Gasteiger partial charge on any atom is 0.118 e. The van der Waals surface area contributed by atoms with Crippen molar-refractivity contribution in [2.75, 3.05) is 27.4 Å². The van der Waals surface area contributed by atoms with E-state index in [0.29, 0.717) is 0 Å². The molecule has 0 aromatic heterocycles. The van der Waals surface area contributed by atoms with Gasteiger partial charge in [0.1, 0.15) is 11.6 Å². The van der Waals surface area contributed by atoms with Crippen molar-refractivity contribution in [3.8, 4) is 5.75 Å². The number of hydrogen-bond donors (Lipinski definition) is 2. The number of rotatable bonds is 4. The van der Waals surface area contributed by atoms with Gasteiger partial charge < -0.3 is 15.1 Å². The van der Waals surface area contributed by atoms with E-state index >= 15 is 0 Å². The highest BCUT2D eigenvalue weighted by molar-refractivity contribution is 5.27. The average Bonchev–Trinajstić information content (AvgIpc) is 2.40. The number of likely N-dealkylation sites (N-methyl/N-ethyl adjacent to an activating group) is 1. The van der Waals surface area contributed by atoms with Crippen LogP contribution in [0.5, 0.6) is 5.75 Å². The SMILES string of the molecule is COc1ccc(CN2CN(C)CC=C2NN)cc1. The molecule has 5 heteroatoms. The van der Waals surface area contributed by atoms with Gasteiger partial charge in [-0.05, 0) is 30.8 Å². The van der Waals surface area contributed by atoms with E-state index in [0.717, 1.165) is 31.3 Å². The molecule has 0 radical (unpaired) electrons. The zero-order valence-electron chi connectivity index (χ0n) is 10.9. The first-order chi connectivity index (χ1) is 8.72. The number of nitrogens with zero attached hydrogens (tertiary/aromatic N) is 2. The Morgan fingerprint density at radius 2 is 2.06 bits per heavy atom. The first-order valence-corrected chi connectivity index (χ1v) is 5.96. The minimum Gasteiger partial charge on any atom is -0.497 e. The van der Waals surface area contributed by atoms with Crippen LogP contribution in [0, 0.1) is 0 Å². The maximum atomic E-state index is 5.54. The Bertz CT molecular complexity index is 416. The minimum atomic E-state index is 0.824. The first-order valence-electron chi connectivity index (χ1n) is 5.96. The Morgan fingerprint density at radius 3 is 2.67 bits per heavy atom. The van der Waals surface area contributed by atoms with Gasteiger partial charge in [-0.15, -0.1) is 0 Å². The Morgan fingerprint density at radius 1 is 1.33 bits per heavy atom. The van der Waals surface area contributed by atoms with E-state index in [1.165, 1.54) is 5.56 Å².